The van der Waals surface area contributed by atoms with Crippen molar-refractivity contribution in [2.45, 2.75) is 13.0 Å². The summed E-state index contributed by atoms with van der Waals surface area (Å²) in [5, 5.41) is 5.84. The smallest absolute Gasteiger partial charge is 0.0592 e. The van der Waals surface area contributed by atoms with Crippen molar-refractivity contribution in [3.05, 3.63) is 76.0 Å². The first-order chi connectivity index (χ1) is 10.2. The molecule has 1 heterocycles. The Bertz CT molecular complexity index is 778. The highest BCUT2D eigenvalue weighted by Crippen LogP contribution is 2.32. The van der Waals surface area contributed by atoms with Crippen LogP contribution in [0.2, 0.25) is 0 Å². The van der Waals surface area contributed by atoms with Crippen LogP contribution in [-0.4, -0.2) is 12.0 Å². The summed E-state index contributed by atoms with van der Waals surface area (Å²) in [7, 11) is 1.99. The minimum atomic E-state index is 0.132. The number of nitrogens with one attached hydrogen (secondary N) is 1. The number of benzene rings is 2. The van der Waals surface area contributed by atoms with Crippen LogP contribution in [0.1, 0.15) is 22.7 Å². The highest BCUT2D eigenvalue weighted by atomic mass is 79.9. The van der Waals surface area contributed by atoms with E-state index in [4.69, 9.17) is 0 Å². The largest absolute Gasteiger partial charge is 0.309 e. The Hall–Kier alpha value is -1.71. The van der Waals surface area contributed by atoms with Gasteiger partial charge in [-0.15, -0.1) is 0 Å². The fourth-order valence-electron chi connectivity index (χ4n) is 2.75. The summed E-state index contributed by atoms with van der Waals surface area (Å²) in [6.45, 7) is 2.12. The maximum atomic E-state index is 4.28. The van der Waals surface area contributed by atoms with Gasteiger partial charge in [-0.1, -0.05) is 51.8 Å². The molecule has 1 N–H and O–H groups in total. The minimum absolute atomic E-state index is 0.132. The molecular weight excluding hydrogens is 324 g/mol. The third-order valence-electron chi connectivity index (χ3n) is 3.78. The van der Waals surface area contributed by atoms with Gasteiger partial charge in [0.15, 0.2) is 0 Å². The molecule has 3 heteroatoms. The van der Waals surface area contributed by atoms with Gasteiger partial charge in [0.1, 0.15) is 0 Å². The lowest BCUT2D eigenvalue weighted by Crippen LogP contribution is -2.18. The van der Waals surface area contributed by atoms with E-state index in [0.717, 1.165) is 4.47 Å². The second kappa shape index (κ2) is 5.96. The number of halogens is 1. The van der Waals surface area contributed by atoms with E-state index in [0.29, 0.717) is 0 Å². The Morgan fingerprint density at radius 1 is 1.10 bits per heavy atom. The summed E-state index contributed by atoms with van der Waals surface area (Å²) in [4.78, 5) is 4.28. The van der Waals surface area contributed by atoms with Crippen LogP contribution in [-0.2, 0) is 0 Å². The van der Waals surface area contributed by atoms with E-state index in [2.05, 4.69) is 75.6 Å². The second-order valence-electron chi connectivity index (χ2n) is 5.19. The van der Waals surface area contributed by atoms with Crippen molar-refractivity contribution in [3.63, 3.8) is 0 Å². The van der Waals surface area contributed by atoms with Crippen molar-refractivity contribution >= 4 is 26.7 Å². The zero-order valence-corrected chi connectivity index (χ0v) is 13.7. The SMILES string of the molecule is CNC(c1cc(C)ccc1Br)c1cccc2ccncc12. The van der Waals surface area contributed by atoms with Crippen LogP contribution < -0.4 is 5.32 Å². The molecule has 0 aliphatic heterocycles. The Balaban J connectivity index is 2.21. The predicted molar refractivity (Wildman–Crippen MR) is 91.5 cm³/mol. The quantitative estimate of drug-likeness (QED) is 0.752. The van der Waals surface area contributed by atoms with Gasteiger partial charge < -0.3 is 5.32 Å². The molecule has 0 saturated heterocycles. The van der Waals surface area contributed by atoms with E-state index in [1.54, 1.807) is 0 Å². The Kier molecular flexibility index (Phi) is 4.04. The molecule has 2 aromatic carbocycles. The summed E-state index contributed by atoms with van der Waals surface area (Å²) in [6, 6.07) is 15.0. The zero-order chi connectivity index (χ0) is 14.8. The number of nitrogens with zero attached hydrogens (tertiary/aromatic N) is 1. The molecule has 0 amide bonds. The first-order valence-corrected chi connectivity index (χ1v) is 7.76. The summed E-state index contributed by atoms with van der Waals surface area (Å²) in [6.07, 6.45) is 3.78. The molecule has 1 atom stereocenters. The third-order valence-corrected chi connectivity index (χ3v) is 4.50. The fourth-order valence-corrected chi connectivity index (χ4v) is 3.23. The van der Waals surface area contributed by atoms with Crippen LogP contribution in [0.3, 0.4) is 0 Å². The molecule has 1 aromatic heterocycles. The molecule has 21 heavy (non-hydrogen) atoms. The summed E-state index contributed by atoms with van der Waals surface area (Å²) >= 11 is 3.68. The number of pyridine rings is 1. The van der Waals surface area contributed by atoms with Gasteiger partial charge in [-0.3, -0.25) is 4.98 Å². The maximum Gasteiger partial charge on any atom is 0.0592 e. The summed E-state index contributed by atoms with van der Waals surface area (Å²) in [5.41, 5.74) is 3.75. The van der Waals surface area contributed by atoms with Gasteiger partial charge in [0.05, 0.1) is 6.04 Å². The average molecular weight is 341 g/mol. The number of rotatable bonds is 3. The topological polar surface area (TPSA) is 24.9 Å². The van der Waals surface area contributed by atoms with Crippen molar-refractivity contribution in [2.75, 3.05) is 7.05 Å². The molecule has 0 aliphatic carbocycles. The number of fused-ring (bicyclic) bond motifs is 1. The summed E-state index contributed by atoms with van der Waals surface area (Å²) in [5.74, 6) is 0. The van der Waals surface area contributed by atoms with E-state index in [1.807, 2.05) is 19.4 Å². The Labute approximate surface area is 133 Å². The molecule has 0 fully saturated rings. The molecule has 1 unspecified atom stereocenters. The number of hydrogen-bond donors (Lipinski definition) is 1. The predicted octanol–water partition coefficient (Wildman–Crippen LogP) is 4.61. The van der Waals surface area contributed by atoms with Crippen molar-refractivity contribution in [3.8, 4) is 0 Å². The van der Waals surface area contributed by atoms with E-state index in [-0.39, 0.29) is 6.04 Å². The Morgan fingerprint density at radius 3 is 2.76 bits per heavy atom. The summed E-state index contributed by atoms with van der Waals surface area (Å²) < 4.78 is 1.12. The van der Waals surface area contributed by atoms with Crippen molar-refractivity contribution < 1.29 is 0 Å². The van der Waals surface area contributed by atoms with Crippen LogP contribution in [0.5, 0.6) is 0 Å². The molecule has 3 rings (SSSR count). The first kappa shape index (κ1) is 14.2. The van der Waals surface area contributed by atoms with Gasteiger partial charge in [-0.05, 0) is 42.6 Å². The average Bonchev–Trinajstić information content (AvgIpc) is 2.51. The van der Waals surface area contributed by atoms with Crippen molar-refractivity contribution in [1.29, 1.82) is 0 Å². The van der Waals surface area contributed by atoms with Gasteiger partial charge in [0, 0.05) is 22.3 Å². The molecule has 106 valence electrons. The molecule has 0 spiro atoms. The third kappa shape index (κ3) is 2.71. The number of hydrogen-bond acceptors (Lipinski definition) is 2. The van der Waals surface area contributed by atoms with E-state index in [9.17, 15) is 0 Å². The molecular formula is C18H17BrN2. The van der Waals surface area contributed by atoms with Gasteiger partial charge in [-0.2, -0.15) is 0 Å². The van der Waals surface area contributed by atoms with Gasteiger partial charge in [0.2, 0.25) is 0 Å². The van der Waals surface area contributed by atoms with Crippen molar-refractivity contribution in [2.24, 2.45) is 0 Å². The van der Waals surface area contributed by atoms with Crippen LogP contribution in [0.15, 0.2) is 59.3 Å². The molecule has 0 bridgehead atoms. The van der Waals surface area contributed by atoms with Crippen LogP contribution in [0.25, 0.3) is 10.8 Å². The van der Waals surface area contributed by atoms with Gasteiger partial charge >= 0.3 is 0 Å². The first-order valence-electron chi connectivity index (χ1n) is 6.96. The fraction of sp³-hybridized carbons (Fsp3) is 0.167. The van der Waals surface area contributed by atoms with Crippen LogP contribution in [0, 0.1) is 6.92 Å². The zero-order valence-electron chi connectivity index (χ0n) is 12.1. The number of aryl methyl sites for hydroxylation is 1. The molecule has 2 nitrogen and oxygen atoms in total. The lowest BCUT2D eigenvalue weighted by Gasteiger charge is -2.21. The van der Waals surface area contributed by atoms with E-state index in [1.165, 1.54) is 27.5 Å². The van der Waals surface area contributed by atoms with Crippen LogP contribution >= 0.6 is 15.9 Å². The molecule has 0 radical (unpaired) electrons. The Morgan fingerprint density at radius 2 is 1.95 bits per heavy atom. The second-order valence-corrected chi connectivity index (χ2v) is 6.05. The number of aromatic nitrogens is 1. The van der Waals surface area contributed by atoms with Crippen LogP contribution in [0.4, 0.5) is 0 Å². The minimum Gasteiger partial charge on any atom is -0.309 e. The standard InChI is InChI=1S/C18H17BrN2/c1-12-6-7-17(19)15(10-12)18(20-2)14-5-3-4-13-8-9-21-11-16(13)14/h3-11,18,20H,1-2H3. The molecule has 3 aromatic rings. The maximum absolute atomic E-state index is 4.28. The highest BCUT2D eigenvalue weighted by molar-refractivity contribution is 9.10. The van der Waals surface area contributed by atoms with E-state index >= 15 is 0 Å². The highest BCUT2D eigenvalue weighted by Gasteiger charge is 2.17. The van der Waals surface area contributed by atoms with Crippen molar-refractivity contribution in [1.82, 2.24) is 10.3 Å². The van der Waals surface area contributed by atoms with Gasteiger partial charge in [-0.25, -0.2) is 0 Å². The van der Waals surface area contributed by atoms with E-state index < -0.39 is 0 Å². The lowest BCUT2D eigenvalue weighted by molar-refractivity contribution is 0.693. The monoisotopic (exact) mass is 340 g/mol. The molecule has 0 saturated carbocycles. The molecule has 0 aliphatic rings. The van der Waals surface area contributed by atoms with Gasteiger partial charge in [0.25, 0.3) is 0 Å². The normalized spacial score (nSPS) is 12.5. The lowest BCUT2D eigenvalue weighted by atomic mass is 9.94.